The second kappa shape index (κ2) is 4.53. The van der Waals surface area contributed by atoms with Crippen LogP contribution >= 0.6 is 15.9 Å². The van der Waals surface area contributed by atoms with Crippen molar-refractivity contribution in [1.82, 2.24) is 0 Å². The van der Waals surface area contributed by atoms with Crippen LogP contribution in [0, 0.1) is 6.92 Å². The standard InChI is InChI=1S/C15H14BrNO2/c1-9-3-6-13(19-9)15(16)10-4-5-12-11(7-10)8-14(18)17(12)2/h3-7,15H,8H2,1-2H3. The fraction of sp³-hybridized carbons (Fsp3) is 0.267. The van der Waals surface area contributed by atoms with Crippen LogP contribution in [0.2, 0.25) is 0 Å². The largest absolute Gasteiger partial charge is 0.465 e. The highest BCUT2D eigenvalue weighted by molar-refractivity contribution is 9.09. The Hall–Kier alpha value is -1.55. The summed E-state index contributed by atoms with van der Waals surface area (Å²) in [6, 6.07) is 10.0. The van der Waals surface area contributed by atoms with E-state index in [1.165, 1.54) is 0 Å². The molecule has 0 aliphatic carbocycles. The van der Waals surface area contributed by atoms with E-state index in [2.05, 4.69) is 22.0 Å². The monoisotopic (exact) mass is 319 g/mol. The molecule has 3 rings (SSSR count). The summed E-state index contributed by atoms with van der Waals surface area (Å²) >= 11 is 3.65. The molecule has 0 saturated carbocycles. The molecule has 1 aliphatic heterocycles. The molecule has 1 atom stereocenters. The van der Waals surface area contributed by atoms with Gasteiger partial charge in [-0.15, -0.1) is 0 Å². The summed E-state index contributed by atoms with van der Waals surface area (Å²) in [6.45, 7) is 1.93. The molecule has 1 aromatic heterocycles. The van der Waals surface area contributed by atoms with Gasteiger partial charge in [-0.25, -0.2) is 0 Å². The van der Waals surface area contributed by atoms with E-state index in [9.17, 15) is 4.79 Å². The quantitative estimate of drug-likeness (QED) is 0.792. The molecule has 1 aromatic carbocycles. The lowest BCUT2D eigenvalue weighted by Gasteiger charge is -2.12. The van der Waals surface area contributed by atoms with E-state index in [1.54, 1.807) is 4.90 Å². The number of furan rings is 1. The van der Waals surface area contributed by atoms with Gasteiger partial charge in [-0.05, 0) is 36.2 Å². The number of aryl methyl sites for hydroxylation is 1. The number of rotatable bonds is 2. The van der Waals surface area contributed by atoms with Crippen LogP contribution in [-0.4, -0.2) is 13.0 Å². The van der Waals surface area contributed by atoms with Gasteiger partial charge in [0.2, 0.25) is 5.91 Å². The van der Waals surface area contributed by atoms with E-state index >= 15 is 0 Å². The number of hydrogen-bond donors (Lipinski definition) is 0. The number of likely N-dealkylation sites (N-methyl/N-ethyl adjacent to an activating group) is 1. The number of halogens is 1. The Morgan fingerprint density at radius 2 is 2.11 bits per heavy atom. The lowest BCUT2D eigenvalue weighted by atomic mass is 10.0. The van der Waals surface area contributed by atoms with Crippen molar-refractivity contribution in [2.24, 2.45) is 0 Å². The first-order chi connectivity index (χ1) is 9.06. The molecular formula is C15H14BrNO2. The number of alkyl halides is 1. The van der Waals surface area contributed by atoms with Crippen molar-refractivity contribution in [3.8, 4) is 0 Å². The molecule has 4 heteroatoms. The van der Waals surface area contributed by atoms with Gasteiger partial charge in [-0.3, -0.25) is 4.79 Å². The normalized spacial score (nSPS) is 15.7. The van der Waals surface area contributed by atoms with Crippen LogP contribution in [0.15, 0.2) is 34.7 Å². The molecule has 2 heterocycles. The first kappa shape index (κ1) is 12.5. The SMILES string of the molecule is Cc1ccc(C(Br)c2ccc3c(c2)CC(=O)N3C)o1. The first-order valence-electron chi connectivity index (χ1n) is 6.16. The van der Waals surface area contributed by atoms with Crippen LogP contribution < -0.4 is 4.90 Å². The van der Waals surface area contributed by atoms with Gasteiger partial charge >= 0.3 is 0 Å². The average molecular weight is 320 g/mol. The van der Waals surface area contributed by atoms with E-state index in [1.807, 2.05) is 38.2 Å². The summed E-state index contributed by atoms with van der Waals surface area (Å²) in [6.07, 6.45) is 0.483. The summed E-state index contributed by atoms with van der Waals surface area (Å²) in [4.78, 5) is 13.4. The predicted molar refractivity (Wildman–Crippen MR) is 77.8 cm³/mol. The second-order valence-electron chi connectivity index (χ2n) is 4.83. The highest BCUT2D eigenvalue weighted by Crippen LogP contribution is 2.36. The molecule has 1 aliphatic rings. The van der Waals surface area contributed by atoms with Crippen LogP contribution in [0.25, 0.3) is 0 Å². The second-order valence-corrected chi connectivity index (χ2v) is 5.74. The number of benzene rings is 1. The van der Waals surface area contributed by atoms with Crippen LogP contribution in [-0.2, 0) is 11.2 Å². The first-order valence-corrected chi connectivity index (χ1v) is 7.07. The maximum atomic E-state index is 11.7. The Kier molecular flexibility index (Phi) is 2.97. The minimum Gasteiger partial charge on any atom is -0.465 e. The Morgan fingerprint density at radius 1 is 1.32 bits per heavy atom. The van der Waals surface area contributed by atoms with Gasteiger partial charge in [0, 0.05) is 12.7 Å². The van der Waals surface area contributed by atoms with Crippen LogP contribution in [0.1, 0.15) is 27.5 Å². The Morgan fingerprint density at radius 3 is 2.79 bits per heavy atom. The molecule has 3 nitrogen and oxygen atoms in total. The van der Waals surface area contributed by atoms with Crippen LogP contribution in [0.3, 0.4) is 0 Å². The van der Waals surface area contributed by atoms with E-state index in [0.717, 1.165) is 28.3 Å². The van der Waals surface area contributed by atoms with Crippen molar-refractivity contribution in [2.45, 2.75) is 18.2 Å². The summed E-state index contributed by atoms with van der Waals surface area (Å²) in [5.41, 5.74) is 3.19. The van der Waals surface area contributed by atoms with Gasteiger partial charge in [0.25, 0.3) is 0 Å². The van der Waals surface area contributed by atoms with Crippen molar-refractivity contribution in [3.63, 3.8) is 0 Å². The lowest BCUT2D eigenvalue weighted by Crippen LogP contribution is -2.20. The Labute approximate surface area is 120 Å². The molecular weight excluding hydrogens is 306 g/mol. The number of anilines is 1. The molecule has 0 spiro atoms. The van der Waals surface area contributed by atoms with Crippen molar-refractivity contribution in [1.29, 1.82) is 0 Å². The van der Waals surface area contributed by atoms with Gasteiger partial charge in [0.1, 0.15) is 11.5 Å². The zero-order chi connectivity index (χ0) is 13.6. The Bertz CT molecular complexity index is 647. The summed E-state index contributed by atoms with van der Waals surface area (Å²) in [7, 11) is 1.81. The van der Waals surface area contributed by atoms with Crippen molar-refractivity contribution in [2.75, 3.05) is 11.9 Å². The minimum atomic E-state index is 0.0208. The maximum Gasteiger partial charge on any atom is 0.231 e. The number of hydrogen-bond acceptors (Lipinski definition) is 2. The van der Waals surface area contributed by atoms with Gasteiger partial charge in [0.15, 0.2) is 0 Å². The van der Waals surface area contributed by atoms with Crippen molar-refractivity contribution in [3.05, 3.63) is 53.0 Å². The Balaban J connectivity index is 1.95. The molecule has 1 unspecified atom stereocenters. The fourth-order valence-electron chi connectivity index (χ4n) is 2.40. The molecule has 98 valence electrons. The number of amides is 1. The highest BCUT2D eigenvalue weighted by atomic mass is 79.9. The van der Waals surface area contributed by atoms with E-state index in [0.29, 0.717) is 6.42 Å². The van der Waals surface area contributed by atoms with E-state index in [-0.39, 0.29) is 10.7 Å². The fourth-order valence-corrected chi connectivity index (χ4v) is 2.93. The van der Waals surface area contributed by atoms with E-state index < -0.39 is 0 Å². The molecule has 19 heavy (non-hydrogen) atoms. The number of fused-ring (bicyclic) bond motifs is 1. The van der Waals surface area contributed by atoms with E-state index in [4.69, 9.17) is 4.42 Å². The maximum absolute atomic E-state index is 11.7. The molecule has 1 amide bonds. The third-order valence-corrected chi connectivity index (χ3v) is 4.46. The number of carbonyl (C=O) groups is 1. The smallest absolute Gasteiger partial charge is 0.231 e. The predicted octanol–water partition coefficient (Wildman–Crippen LogP) is 3.59. The summed E-state index contributed by atoms with van der Waals surface area (Å²) in [5, 5.41) is 0. The summed E-state index contributed by atoms with van der Waals surface area (Å²) < 4.78 is 5.64. The summed E-state index contributed by atoms with van der Waals surface area (Å²) in [5.74, 6) is 1.93. The van der Waals surface area contributed by atoms with Gasteiger partial charge in [-0.1, -0.05) is 28.1 Å². The molecule has 0 radical (unpaired) electrons. The van der Waals surface area contributed by atoms with Crippen molar-refractivity contribution >= 4 is 27.5 Å². The molecule has 0 bridgehead atoms. The zero-order valence-electron chi connectivity index (χ0n) is 10.8. The molecule has 2 aromatic rings. The molecule has 0 N–H and O–H groups in total. The third-order valence-electron chi connectivity index (χ3n) is 3.48. The van der Waals surface area contributed by atoms with Crippen molar-refractivity contribution < 1.29 is 9.21 Å². The van der Waals surface area contributed by atoms with Crippen LogP contribution in [0.4, 0.5) is 5.69 Å². The molecule has 0 saturated heterocycles. The lowest BCUT2D eigenvalue weighted by molar-refractivity contribution is -0.117. The van der Waals surface area contributed by atoms with Gasteiger partial charge in [-0.2, -0.15) is 0 Å². The number of carbonyl (C=O) groups excluding carboxylic acids is 1. The highest BCUT2D eigenvalue weighted by Gasteiger charge is 2.25. The van der Waals surface area contributed by atoms with Gasteiger partial charge < -0.3 is 9.32 Å². The topological polar surface area (TPSA) is 33.5 Å². The minimum absolute atomic E-state index is 0.0208. The number of nitrogens with zero attached hydrogens (tertiary/aromatic N) is 1. The van der Waals surface area contributed by atoms with Gasteiger partial charge in [0.05, 0.1) is 11.2 Å². The zero-order valence-corrected chi connectivity index (χ0v) is 12.4. The third kappa shape index (κ3) is 2.10. The van der Waals surface area contributed by atoms with Crippen LogP contribution in [0.5, 0.6) is 0 Å². The average Bonchev–Trinajstić information content (AvgIpc) is 2.94. The molecule has 0 fully saturated rings.